The molecule has 0 bridgehead atoms. The predicted molar refractivity (Wildman–Crippen MR) is 108 cm³/mol. The van der Waals surface area contributed by atoms with Gasteiger partial charge in [0.15, 0.2) is 5.65 Å². The molecule has 30 heavy (non-hydrogen) atoms. The summed E-state index contributed by atoms with van der Waals surface area (Å²) in [7, 11) is -3.68. The SMILES string of the molecule is N#Cc1ccc(S(=O)(=O)c2ccc(CNC(=O)c3cnc4[nH]ncc4c3)cc2)cc1. The van der Waals surface area contributed by atoms with Crippen LogP contribution in [0.25, 0.3) is 11.0 Å². The molecule has 4 rings (SSSR count). The number of aromatic amines is 1. The molecule has 4 aromatic rings. The first-order valence-corrected chi connectivity index (χ1v) is 10.4. The van der Waals surface area contributed by atoms with Crippen molar-refractivity contribution in [3.63, 3.8) is 0 Å². The molecule has 0 saturated heterocycles. The second kappa shape index (κ2) is 7.77. The predicted octanol–water partition coefficient (Wildman–Crippen LogP) is 2.59. The number of hydrogen-bond donors (Lipinski definition) is 2. The minimum atomic E-state index is -3.68. The zero-order chi connectivity index (χ0) is 21.1. The van der Waals surface area contributed by atoms with Crippen molar-refractivity contribution in [2.45, 2.75) is 16.3 Å². The van der Waals surface area contributed by atoms with Crippen LogP contribution < -0.4 is 5.32 Å². The molecule has 2 aromatic heterocycles. The molecule has 2 aromatic carbocycles. The smallest absolute Gasteiger partial charge is 0.253 e. The van der Waals surface area contributed by atoms with Crippen molar-refractivity contribution in [3.8, 4) is 6.07 Å². The molecule has 0 atom stereocenters. The lowest BCUT2D eigenvalue weighted by Crippen LogP contribution is -2.22. The molecule has 2 heterocycles. The van der Waals surface area contributed by atoms with Crippen molar-refractivity contribution in [1.82, 2.24) is 20.5 Å². The molecule has 0 saturated carbocycles. The number of H-pyrrole nitrogens is 1. The number of hydrogen-bond acceptors (Lipinski definition) is 6. The van der Waals surface area contributed by atoms with Gasteiger partial charge in [-0.1, -0.05) is 12.1 Å². The van der Waals surface area contributed by atoms with E-state index >= 15 is 0 Å². The molecule has 2 N–H and O–H groups in total. The van der Waals surface area contributed by atoms with E-state index < -0.39 is 9.84 Å². The standard InChI is InChI=1S/C21H15N5O3S/c22-10-14-1-5-18(6-2-14)30(28,29)19-7-3-15(4-8-19)11-24-21(27)17-9-16-13-25-26-20(16)23-12-17/h1-9,12-13H,11H2,(H,24,27)(H,23,25,26). The minimum Gasteiger partial charge on any atom is -0.348 e. The third-order valence-corrected chi connectivity index (χ3v) is 6.32. The normalized spacial score (nSPS) is 11.2. The molecule has 0 fully saturated rings. The van der Waals surface area contributed by atoms with E-state index in [2.05, 4.69) is 20.5 Å². The number of fused-ring (bicyclic) bond motifs is 1. The van der Waals surface area contributed by atoms with Gasteiger partial charge < -0.3 is 5.32 Å². The van der Waals surface area contributed by atoms with Gasteiger partial charge in [-0.3, -0.25) is 9.89 Å². The average Bonchev–Trinajstić information content (AvgIpc) is 3.25. The number of nitrogens with zero attached hydrogens (tertiary/aromatic N) is 3. The zero-order valence-electron chi connectivity index (χ0n) is 15.5. The van der Waals surface area contributed by atoms with Crippen molar-refractivity contribution >= 4 is 26.8 Å². The van der Waals surface area contributed by atoms with Gasteiger partial charge in [0, 0.05) is 18.1 Å². The largest absolute Gasteiger partial charge is 0.348 e. The Morgan fingerprint density at radius 1 is 1.03 bits per heavy atom. The summed E-state index contributed by atoms with van der Waals surface area (Å²) in [5, 5.41) is 19.0. The van der Waals surface area contributed by atoms with Crippen LogP contribution in [0.4, 0.5) is 0 Å². The fraction of sp³-hybridized carbons (Fsp3) is 0.0476. The molecule has 0 aliphatic heterocycles. The van der Waals surface area contributed by atoms with E-state index in [1.165, 1.54) is 42.6 Å². The highest BCUT2D eigenvalue weighted by Gasteiger charge is 2.17. The highest BCUT2D eigenvalue weighted by Crippen LogP contribution is 2.21. The molecule has 0 aliphatic rings. The maximum Gasteiger partial charge on any atom is 0.253 e. The molecule has 148 valence electrons. The number of nitriles is 1. The molecule has 1 amide bonds. The van der Waals surface area contributed by atoms with Crippen LogP contribution in [0, 0.1) is 11.3 Å². The van der Waals surface area contributed by atoms with Crippen LogP contribution in [0.2, 0.25) is 0 Å². The average molecular weight is 417 g/mol. The van der Waals surface area contributed by atoms with E-state index in [1.54, 1.807) is 24.4 Å². The van der Waals surface area contributed by atoms with Crippen molar-refractivity contribution in [2.75, 3.05) is 0 Å². The van der Waals surface area contributed by atoms with Crippen molar-refractivity contribution in [1.29, 1.82) is 5.26 Å². The number of amides is 1. The molecular formula is C21H15N5O3S. The number of benzene rings is 2. The lowest BCUT2D eigenvalue weighted by molar-refractivity contribution is 0.0950. The minimum absolute atomic E-state index is 0.115. The van der Waals surface area contributed by atoms with E-state index in [-0.39, 0.29) is 22.2 Å². The quantitative estimate of drug-likeness (QED) is 0.514. The number of carbonyl (C=O) groups is 1. The number of carbonyl (C=O) groups excluding carboxylic acids is 1. The molecule has 0 aliphatic carbocycles. The van der Waals surface area contributed by atoms with Gasteiger partial charge in [0.2, 0.25) is 9.84 Å². The fourth-order valence-corrected chi connectivity index (χ4v) is 4.14. The molecule has 0 radical (unpaired) electrons. The van der Waals surface area contributed by atoms with Crippen LogP contribution in [-0.2, 0) is 16.4 Å². The van der Waals surface area contributed by atoms with Gasteiger partial charge in [0.1, 0.15) is 0 Å². The zero-order valence-corrected chi connectivity index (χ0v) is 16.3. The Hall–Kier alpha value is -4.03. The van der Waals surface area contributed by atoms with Gasteiger partial charge in [0.25, 0.3) is 5.91 Å². The molecular weight excluding hydrogens is 402 g/mol. The van der Waals surface area contributed by atoms with E-state index in [0.29, 0.717) is 16.8 Å². The van der Waals surface area contributed by atoms with Crippen LogP contribution in [0.1, 0.15) is 21.5 Å². The third kappa shape index (κ3) is 3.76. The van der Waals surface area contributed by atoms with Crippen molar-refractivity contribution in [2.24, 2.45) is 0 Å². The summed E-state index contributed by atoms with van der Waals surface area (Å²) in [5.74, 6) is -0.292. The number of pyridine rings is 1. The summed E-state index contributed by atoms with van der Waals surface area (Å²) in [5.41, 5.74) is 2.15. The maximum atomic E-state index is 12.7. The van der Waals surface area contributed by atoms with Crippen molar-refractivity contribution in [3.05, 3.63) is 83.7 Å². The Morgan fingerprint density at radius 2 is 1.70 bits per heavy atom. The van der Waals surface area contributed by atoms with Gasteiger partial charge in [-0.15, -0.1) is 0 Å². The molecule has 8 nitrogen and oxygen atoms in total. The summed E-state index contributed by atoms with van der Waals surface area (Å²) < 4.78 is 25.4. The van der Waals surface area contributed by atoms with E-state index in [1.807, 2.05) is 6.07 Å². The van der Waals surface area contributed by atoms with E-state index in [4.69, 9.17) is 5.26 Å². The first-order chi connectivity index (χ1) is 14.5. The number of sulfone groups is 1. The fourth-order valence-electron chi connectivity index (χ4n) is 2.88. The topological polar surface area (TPSA) is 129 Å². The van der Waals surface area contributed by atoms with Gasteiger partial charge in [0.05, 0.1) is 33.2 Å². The molecule has 0 unspecified atom stereocenters. The van der Waals surface area contributed by atoms with E-state index in [9.17, 15) is 13.2 Å². The Kier molecular flexibility index (Phi) is 5.00. The Morgan fingerprint density at radius 3 is 2.37 bits per heavy atom. The second-order valence-electron chi connectivity index (χ2n) is 6.50. The van der Waals surface area contributed by atoms with Crippen LogP contribution in [0.5, 0.6) is 0 Å². The summed E-state index contributed by atoms with van der Waals surface area (Å²) in [6, 6.07) is 15.7. The molecule has 0 spiro atoms. The van der Waals surface area contributed by atoms with Crippen molar-refractivity contribution < 1.29 is 13.2 Å². The first kappa shape index (κ1) is 19.3. The summed E-state index contributed by atoms with van der Waals surface area (Å²) in [6.07, 6.45) is 3.05. The van der Waals surface area contributed by atoms with Crippen LogP contribution >= 0.6 is 0 Å². The second-order valence-corrected chi connectivity index (χ2v) is 8.45. The lowest BCUT2D eigenvalue weighted by Gasteiger charge is -2.08. The molecule has 9 heteroatoms. The third-order valence-electron chi connectivity index (χ3n) is 4.53. The summed E-state index contributed by atoms with van der Waals surface area (Å²) in [4.78, 5) is 16.7. The number of rotatable bonds is 5. The van der Waals surface area contributed by atoms with Crippen LogP contribution in [-0.4, -0.2) is 29.5 Å². The Bertz CT molecular complexity index is 1370. The summed E-state index contributed by atoms with van der Waals surface area (Å²) in [6.45, 7) is 0.236. The van der Waals surface area contributed by atoms with Crippen LogP contribution in [0.3, 0.4) is 0 Å². The number of nitrogens with one attached hydrogen (secondary N) is 2. The highest BCUT2D eigenvalue weighted by molar-refractivity contribution is 7.91. The van der Waals surface area contributed by atoms with E-state index in [0.717, 1.165) is 10.9 Å². The monoisotopic (exact) mass is 417 g/mol. The highest BCUT2D eigenvalue weighted by atomic mass is 32.2. The Labute approximate surface area is 172 Å². The maximum absolute atomic E-state index is 12.7. The Balaban J connectivity index is 1.45. The number of aromatic nitrogens is 3. The van der Waals surface area contributed by atoms with Gasteiger partial charge in [-0.25, -0.2) is 13.4 Å². The van der Waals surface area contributed by atoms with Gasteiger partial charge >= 0.3 is 0 Å². The van der Waals surface area contributed by atoms with Gasteiger partial charge in [-0.05, 0) is 48.0 Å². The van der Waals surface area contributed by atoms with Gasteiger partial charge in [-0.2, -0.15) is 10.4 Å². The summed E-state index contributed by atoms with van der Waals surface area (Å²) >= 11 is 0. The van der Waals surface area contributed by atoms with Crippen LogP contribution in [0.15, 0.2) is 76.8 Å². The lowest BCUT2D eigenvalue weighted by atomic mass is 10.2. The first-order valence-electron chi connectivity index (χ1n) is 8.89.